The zero-order chi connectivity index (χ0) is 11.0. The van der Waals surface area contributed by atoms with Gasteiger partial charge < -0.3 is 0 Å². The van der Waals surface area contributed by atoms with E-state index in [1.165, 1.54) is 0 Å². The van der Waals surface area contributed by atoms with Crippen LogP contribution in [-0.2, 0) is 9.78 Å². The number of rotatable bonds is 8. The molecule has 0 spiro atoms. The molecule has 85 valence electrons. The van der Waals surface area contributed by atoms with Crippen molar-refractivity contribution in [3.8, 4) is 0 Å². The minimum absolute atomic E-state index is 0.157. The predicted octanol–water partition coefficient (Wildman–Crippen LogP) is 2.75. The third-order valence-electron chi connectivity index (χ3n) is 2.13. The molecule has 0 heterocycles. The first-order valence-corrected chi connectivity index (χ1v) is 5.03. The van der Waals surface area contributed by atoms with Crippen molar-refractivity contribution < 1.29 is 20.3 Å². The first-order chi connectivity index (χ1) is 6.60. The lowest BCUT2D eigenvalue weighted by Gasteiger charge is -2.31. The van der Waals surface area contributed by atoms with Gasteiger partial charge in [-0.15, -0.1) is 0 Å². The molecule has 0 aliphatic heterocycles. The van der Waals surface area contributed by atoms with Crippen molar-refractivity contribution in [2.45, 2.75) is 45.6 Å². The van der Waals surface area contributed by atoms with Crippen LogP contribution in [0, 0.1) is 12.3 Å². The van der Waals surface area contributed by atoms with Gasteiger partial charge in [0.1, 0.15) is 5.60 Å². The lowest BCUT2D eigenvalue weighted by molar-refractivity contribution is -0.329. The number of hydrogen-bond acceptors (Lipinski definition) is 4. The zero-order valence-corrected chi connectivity index (χ0v) is 9.19. The topological polar surface area (TPSA) is 58.9 Å². The largest absolute Gasteiger partial charge is 0.252 e. The molecule has 0 bridgehead atoms. The Labute approximate surface area is 85.7 Å². The molecule has 4 nitrogen and oxygen atoms in total. The van der Waals surface area contributed by atoms with Gasteiger partial charge in [0.05, 0.1) is 6.61 Å². The van der Waals surface area contributed by atoms with Crippen molar-refractivity contribution in [1.29, 1.82) is 0 Å². The predicted molar refractivity (Wildman–Crippen MR) is 53.7 cm³/mol. The summed E-state index contributed by atoms with van der Waals surface area (Å²) in [6.07, 6.45) is 3.87. The van der Waals surface area contributed by atoms with E-state index in [9.17, 15) is 0 Å². The Morgan fingerprint density at radius 1 is 1.36 bits per heavy atom. The second kappa shape index (κ2) is 7.17. The Hall–Kier alpha value is -0.160. The second-order valence-corrected chi connectivity index (χ2v) is 3.95. The third-order valence-corrected chi connectivity index (χ3v) is 2.13. The highest BCUT2D eigenvalue weighted by atomic mass is 17.1. The molecule has 0 rings (SSSR count). The highest BCUT2D eigenvalue weighted by molar-refractivity contribution is 4.93. The van der Waals surface area contributed by atoms with E-state index in [2.05, 4.69) is 23.6 Å². The molecule has 2 N–H and O–H groups in total. The molecular formula is C10H21O4. The summed E-state index contributed by atoms with van der Waals surface area (Å²) >= 11 is 0. The molecule has 0 amide bonds. The Kier molecular flexibility index (Phi) is 7.09. The van der Waals surface area contributed by atoms with Crippen LogP contribution in [0.1, 0.15) is 40.0 Å². The number of hydrogen-bond donors (Lipinski definition) is 2. The maximum Gasteiger partial charge on any atom is 0.109 e. The molecule has 0 aromatic carbocycles. The van der Waals surface area contributed by atoms with Gasteiger partial charge in [0.15, 0.2) is 0 Å². The normalized spacial score (nSPS) is 15.9. The van der Waals surface area contributed by atoms with Crippen molar-refractivity contribution >= 4 is 0 Å². The molecule has 0 aliphatic carbocycles. The highest BCUT2D eigenvalue weighted by Crippen LogP contribution is 2.28. The fourth-order valence-electron chi connectivity index (χ4n) is 1.69. The molecular weight excluding hydrogens is 184 g/mol. The van der Waals surface area contributed by atoms with E-state index in [-0.39, 0.29) is 6.61 Å². The van der Waals surface area contributed by atoms with Gasteiger partial charge in [-0.1, -0.05) is 27.2 Å². The van der Waals surface area contributed by atoms with Crippen molar-refractivity contribution in [3.63, 3.8) is 0 Å². The van der Waals surface area contributed by atoms with Crippen LogP contribution in [0.15, 0.2) is 0 Å². The average molecular weight is 205 g/mol. The van der Waals surface area contributed by atoms with E-state index in [0.717, 1.165) is 6.42 Å². The summed E-state index contributed by atoms with van der Waals surface area (Å²) in [6, 6.07) is 0. The maximum absolute atomic E-state index is 8.91. The van der Waals surface area contributed by atoms with Crippen LogP contribution in [0.2, 0.25) is 0 Å². The standard InChI is InChI=1S/C10H21O4/c1-4-5-10(14-12,6-7-13-11)8-9(2)3/h5,9,11-12H,4,6-8H2,1-3H3. The Morgan fingerprint density at radius 2 is 2.00 bits per heavy atom. The Bertz CT molecular complexity index is 138. The lowest BCUT2D eigenvalue weighted by Crippen LogP contribution is -2.35. The fourth-order valence-corrected chi connectivity index (χ4v) is 1.69. The van der Waals surface area contributed by atoms with Gasteiger partial charge in [-0.05, 0) is 18.8 Å². The van der Waals surface area contributed by atoms with Crippen molar-refractivity contribution in [2.24, 2.45) is 5.92 Å². The summed E-state index contributed by atoms with van der Waals surface area (Å²) in [5.74, 6) is 0.406. The summed E-state index contributed by atoms with van der Waals surface area (Å²) in [5.41, 5.74) is -0.689. The van der Waals surface area contributed by atoms with Gasteiger partial charge in [0.2, 0.25) is 0 Å². The van der Waals surface area contributed by atoms with E-state index in [0.29, 0.717) is 18.8 Å². The van der Waals surface area contributed by atoms with E-state index in [1.54, 1.807) is 0 Å². The van der Waals surface area contributed by atoms with Crippen molar-refractivity contribution in [3.05, 3.63) is 6.42 Å². The molecule has 0 saturated carbocycles. The third kappa shape index (κ3) is 4.91. The molecule has 14 heavy (non-hydrogen) atoms. The summed E-state index contributed by atoms with van der Waals surface area (Å²) in [6.45, 7) is 6.24. The van der Waals surface area contributed by atoms with Crippen LogP contribution < -0.4 is 0 Å². The SMILES string of the molecule is CC[CH]C(CCOO)(CC(C)C)OO. The summed E-state index contributed by atoms with van der Waals surface area (Å²) in [5, 5.41) is 17.2. The maximum atomic E-state index is 8.91. The summed E-state index contributed by atoms with van der Waals surface area (Å²) in [7, 11) is 0. The van der Waals surface area contributed by atoms with Crippen molar-refractivity contribution in [1.82, 2.24) is 0 Å². The smallest absolute Gasteiger partial charge is 0.109 e. The molecule has 1 unspecified atom stereocenters. The molecule has 1 radical (unpaired) electrons. The average Bonchev–Trinajstić information content (AvgIpc) is 2.14. The van der Waals surface area contributed by atoms with Crippen LogP contribution in [0.3, 0.4) is 0 Å². The van der Waals surface area contributed by atoms with E-state index in [4.69, 9.17) is 10.5 Å². The lowest BCUT2D eigenvalue weighted by atomic mass is 9.86. The van der Waals surface area contributed by atoms with Crippen LogP contribution >= 0.6 is 0 Å². The highest BCUT2D eigenvalue weighted by Gasteiger charge is 2.31. The van der Waals surface area contributed by atoms with Crippen LogP contribution in [0.4, 0.5) is 0 Å². The minimum Gasteiger partial charge on any atom is -0.252 e. The quantitative estimate of drug-likeness (QED) is 0.472. The van der Waals surface area contributed by atoms with Gasteiger partial charge in [-0.25, -0.2) is 9.78 Å². The monoisotopic (exact) mass is 205 g/mol. The molecule has 0 aliphatic rings. The fraction of sp³-hybridized carbons (Fsp3) is 0.900. The van der Waals surface area contributed by atoms with E-state index < -0.39 is 5.60 Å². The molecule has 0 fully saturated rings. The first kappa shape index (κ1) is 13.8. The molecule has 4 heteroatoms. The van der Waals surface area contributed by atoms with Crippen LogP contribution in [-0.4, -0.2) is 22.7 Å². The van der Waals surface area contributed by atoms with Gasteiger partial charge in [0, 0.05) is 6.42 Å². The van der Waals surface area contributed by atoms with Crippen LogP contribution in [0.5, 0.6) is 0 Å². The molecule has 0 aromatic heterocycles. The second-order valence-electron chi connectivity index (χ2n) is 3.95. The van der Waals surface area contributed by atoms with Gasteiger partial charge in [-0.2, -0.15) is 0 Å². The Balaban J connectivity index is 4.26. The van der Waals surface area contributed by atoms with Gasteiger partial charge in [-0.3, -0.25) is 10.5 Å². The summed E-state index contributed by atoms with van der Waals surface area (Å²) in [4.78, 5) is 8.56. The van der Waals surface area contributed by atoms with E-state index in [1.807, 2.05) is 13.3 Å². The van der Waals surface area contributed by atoms with Gasteiger partial charge in [0.25, 0.3) is 0 Å². The molecule has 0 aromatic rings. The van der Waals surface area contributed by atoms with Gasteiger partial charge >= 0.3 is 0 Å². The first-order valence-electron chi connectivity index (χ1n) is 5.03. The van der Waals surface area contributed by atoms with Crippen molar-refractivity contribution in [2.75, 3.05) is 6.61 Å². The van der Waals surface area contributed by atoms with Crippen LogP contribution in [0.25, 0.3) is 0 Å². The zero-order valence-electron chi connectivity index (χ0n) is 9.19. The Morgan fingerprint density at radius 3 is 2.36 bits per heavy atom. The van der Waals surface area contributed by atoms with E-state index >= 15 is 0 Å². The molecule has 1 atom stereocenters. The minimum atomic E-state index is -0.689. The summed E-state index contributed by atoms with van der Waals surface area (Å²) < 4.78 is 0. The molecule has 0 saturated heterocycles.